The number of nitrogens with two attached hydrogens (primary N) is 1. The number of carbonyl (C=O) groups is 1. The highest BCUT2D eigenvalue weighted by molar-refractivity contribution is 8.00. The Balaban J connectivity index is 2.17. The third-order valence-electron chi connectivity index (χ3n) is 3.27. The zero-order valence-corrected chi connectivity index (χ0v) is 13.0. The van der Waals surface area contributed by atoms with E-state index in [0.29, 0.717) is 13.0 Å². The van der Waals surface area contributed by atoms with Crippen LogP contribution in [0.15, 0.2) is 18.2 Å². The molecule has 0 spiro atoms. The highest BCUT2D eigenvalue weighted by Crippen LogP contribution is 2.40. The molecular weight excluding hydrogens is 312 g/mol. The fraction of sp³-hybridized carbons (Fsp3) is 0.500. The molecule has 1 fully saturated rings. The average Bonchev–Trinajstić information content (AvgIpc) is 2.92. The molecule has 1 aromatic carbocycles. The maximum absolute atomic E-state index is 13.9. The molecule has 1 heterocycles. The Morgan fingerprint density at radius 3 is 2.95 bits per heavy atom. The van der Waals surface area contributed by atoms with Gasteiger partial charge in [-0.3, -0.25) is 9.80 Å². The van der Waals surface area contributed by atoms with E-state index in [0.717, 1.165) is 24.6 Å². The normalized spacial score (nSPS) is 21.4. The van der Waals surface area contributed by atoms with E-state index >= 15 is 0 Å². The first-order valence-corrected chi connectivity index (χ1v) is 7.88. The molecule has 122 valence electrons. The fourth-order valence-corrected chi connectivity index (χ4v) is 3.65. The average molecular weight is 331 g/mol. The van der Waals surface area contributed by atoms with Gasteiger partial charge in [0.25, 0.3) is 5.91 Å². The highest BCUT2D eigenvalue weighted by Gasteiger charge is 2.37. The van der Waals surface area contributed by atoms with Gasteiger partial charge in [-0.25, -0.2) is 14.2 Å². The van der Waals surface area contributed by atoms with Gasteiger partial charge in [0.05, 0.1) is 5.37 Å². The van der Waals surface area contributed by atoms with Crippen LogP contribution < -0.4 is 11.2 Å². The Labute approximate surface area is 132 Å². The Morgan fingerprint density at radius 2 is 2.27 bits per heavy atom. The highest BCUT2D eigenvalue weighted by atomic mass is 32.2. The van der Waals surface area contributed by atoms with E-state index in [2.05, 4.69) is 5.43 Å². The molecule has 0 aliphatic carbocycles. The van der Waals surface area contributed by atoms with Crippen molar-refractivity contribution in [1.29, 1.82) is 0 Å². The third kappa shape index (κ3) is 3.95. The molecule has 0 radical (unpaired) electrons. The van der Waals surface area contributed by atoms with Crippen molar-refractivity contribution in [1.82, 2.24) is 10.4 Å². The standard InChI is InChI=1S/C14H19F2N3O2S/c1-21-8-12(20)19-13(3-2-6-17)22-14(18-19)10-7-9(15)4-5-11(10)16/h4-5,7,13-14,18H,2-3,6,8,17H2,1H3. The van der Waals surface area contributed by atoms with E-state index in [9.17, 15) is 13.6 Å². The van der Waals surface area contributed by atoms with E-state index in [4.69, 9.17) is 10.5 Å². The largest absolute Gasteiger partial charge is 0.375 e. The van der Waals surface area contributed by atoms with Crippen molar-refractivity contribution in [2.24, 2.45) is 5.73 Å². The minimum absolute atomic E-state index is 0.0783. The summed E-state index contributed by atoms with van der Waals surface area (Å²) < 4.78 is 32.1. The topological polar surface area (TPSA) is 67.6 Å². The Hall–Kier alpha value is -1.22. The second-order valence-electron chi connectivity index (χ2n) is 4.89. The molecule has 2 rings (SSSR count). The first kappa shape index (κ1) is 17.1. The van der Waals surface area contributed by atoms with E-state index in [1.54, 1.807) is 0 Å². The van der Waals surface area contributed by atoms with Crippen LogP contribution in [0.5, 0.6) is 0 Å². The molecule has 5 nitrogen and oxygen atoms in total. The van der Waals surface area contributed by atoms with Crippen LogP contribution in [0.4, 0.5) is 8.78 Å². The van der Waals surface area contributed by atoms with Gasteiger partial charge in [-0.2, -0.15) is 0 Å². The SMILES string of the molecule is COCC(=O)N1NC(c2cc(F)ccc2F)SC1CCCN. The number of nitrogens with zero attached hydrogens (tertiary/aromatic N) is 1. The van der Waals surface area contributed by atoms with Crippen LogP contribution in [0.25, 0.3) is 0 Å². The monoisotopic (exact) mass is 331 g/mol. The van der Waals surface area contributed by atoms with E-state index in [1.807, 2.05) is 0 Å². The van der Waals surface area contributed by atoms with Crippen molar-refractivity contribution in [2.45, 2.75) is 23.6 Å². The lowest BCUT2D eigenvalue weighted by atomic mass is 10.2. The lowest BCUT2D eigenvalue weighted by Gasteiger charge is -2.22. The summed E-state index contributed by atoms with van der Waals surface area (Å²) in [5.74, 6) is -1.28. The maximum atomic E-state index is 13.9. The molecule has 0 saturated carbocycles. The molecule has 3 N–H and O–H groups in total. The number of benzene rings is 1. The zero-order chi connectivity index (χ0) is 16.1. The number of thioether (sulfide) groups is 1. The molecule has 1 amide bonds. The van der Waals surface area contributed by atoms with E-state index in [1.165, 1.54) is 23.9 Å². The van der Waals surface area contributed by atoms with Crippen molar-refractivity contribution in [3.63, 3.8) is 0 Å². The fourth-order valence-electron chi connectivity index (χ4n) is 2.23. The van der Waals surface area contributed by atoms with Gasteiger partial charge >= 0.3 is 0 Å². The molecule has 8 heteroatoms. The van der Waals surface area contributed by atoms with Gasteiger partial charge in [0, 0.05) is 12.7 Å². The summed E-state index contributed by atoms with van der Waals surface area (Å²) in [5, 5.41) is 0.705. The predicted octanol–water partition coefficient (Wildman–Crippen LogP) is 1.75. The summed E-state index contributed by atoms with van der Waals surface area (Å²) in [6.07, 6.45) is 1.39. The Kier molecular flexibility index (Phi) is 6.13. The van der Waals surface area contributed by atoms with Crippen molar-refractivity contribution in [3.05, 3.63) is 35.4 Å². The molecule has 2 atom stereocenters. The molecule has 0 aromatic heterocycles. The number of halogens is 2. The van der Waals surface area contributed by atoms with Crippen molar-refractivity contribution in [2.75, 3.05) is 20.3 Å². The maximum Gasteiger partial charge on any atom is 0.263 e. The molecule has 2 unspecified atom stereocenters. The van der Waals surface area contributed by atoms with Gasteiger partial charge in [0.2, 0.25) is 0 Å². The zero-order valence-electron chi connectivity index (χ0n) is 12.2. The van der Waals surface area contributed by atoms with Gasteiger partial charge in [-0.05, 0) is 37.6 Å². The first-order chi connectivity index (χ1) is 10.6. The number of rotatable bonds is 6. The van der Waals surface area contributed by atoms with Crippen LogP contribution >= 0.6 is 11.8 Å². The van der Waals surface area contributed by atoms with Crippen LogP contribution in [0.2, 0.25) is 0 Å². The quantitative estimate of drug-likeness (QED) is 0.831. The summed E-state index contributed by atoms with van der Waals surface area (Å²) in [7, 11) is 1.43. The van der Waals surface area contributed by atoms with E-state index in [-0.39, 0.29) is 23.5 Å². The first-order valence-electron chi connectivity index (χ1n) is 6.94. The Morgan fingerprint density at radius 1 is 1.50 bits per heavy atom. The molecule has 22 heavy (non-hydrogen) atoms. The van der Waals surface area contributed by atoms with Crippen LogP contribution in [0.1, 0.15) is 23.8 Å². The smallest absolute Gasteiger partial charge is 0.263 e. The summed E-state index contributed by atoms with van der Waals surface area (Å²) in [6.45, 7) is 0.424. The lowest BCUT2D eigenvalue weighted by molar-refractivity contribution is -0.138. The van der Waals surface area contributed by atoms with Gasteiger partial charge < -0.3 is 10.5 Å². The molecule has 0 bridgehead atoms. The number of carbonyl (C=O) groups excluding carboxylic acids is 1. The Bertz CT molecular complexity index is 533. The van der Waals surface area contributed by atoms with Crippen LogP contribution in [0.3, 0.4) is 0 Å². The number of hydrogen-bond acceptors (Lipinski definition) is 5. The van der Waals surface area contributed by atoms with Crippen molar-refractivity contribution >= 4 is 17.7 Å². The van der Waals surface area contributed by atoms with Gasteiger partial charge in [-0.15, -0.1) is 11.8 Å². The number of hydrazine groups is 1. The van der Waals surface area contributed by atoms with Crippen molar-refractivity contribution in [3.8, 4) is 0 Å². The second-order valence-corrected chi connectivity index (χ2v) is 6.18. The minimum Gasteiger partial charge on any atom is -0.375 e. The molecule has 1 aliphatic rings. The summed E-state index contributed by atoms with van der Waals surface area (Å²) in [4.78, 5) is 12.1. The predicted molar refractivity (Wildman–Crippen MR) is 80.6 cm³/mol. The number of ether oxygens (including phenoxy) is 1. The third-order valence-corrected chi connectivity index (χ3v) is 4.66. The number of hydrogen-bond donors (Lipinski definition) is 2. The van der Waals surface area contributed by atoms with Crippen LogP contribution in [-0.2, 0) is 9.53 Å². The van der Waals surface area contributed by atoms with Gasteiger partial charge in [0.1, 0.15) is 23.6 Å². The molecular formula is C14H19F2N3O2S. The lowest BCUT2D eigenvalue weighted by Crippen LogP contribution is -2.44. The second kappa shape index (κ2) is 7.87. The number of amides is 1. The van der Waals surface area contributed by atoms with Gasteiger partial charge in [0.15, 0.2) is 0 Å². The van der Waals surface area contributed by atoms with E-state index < -0.39 is 17.0 Å². The van der Waals surface area contributed by atoms with Gasteiger partial charge in [-0.1, -0.05) is 0 Å². The summed E-state index contributed by atoms with van der Waals surface area (Å²) >= 11 is 1.37. The molecule has 1 aromatic rings. The number of methoxy groups -OCH3 is 1. The van der Waals surface area contributed by atoms with Crippen LogP contribution in [-0.4, -0.2) is 36.6 Å². The summed E-state index contributed by atoms with van der Waals surface area (Å²) in [5.41, 5.74) is 8.64. The van der Waals surface area contributed by atoms with Crippen molar-refractivity contribution < 1.29 is 18.3 Å². The molecule has 1 saturated heterocycles. The summed E-state index contributed by atoms with van der Waals surface area (Å²) in [6, 6.07) is 3.30. The number of nitrogens with one attached hydrogen (secondary N) is 1. The molecule has 1 aliphatic heterocycles. The van der Waals surface area contributed by atoms with Crippen LogP contribution in [0, 0.1) is 11.6 Å². The minimum atomic E-state index is -0.528.